The van der Waals surface area contributed by atoms with Gasteiger partial charge in [0, 0.05) is 19.0 Å². The van der Waals surface area contributed by atoms with Crippen molar-refractivity contribution in [2.75, 3.05) is 13.7 Å². The summed E-state index contributed by atoms with van der Waals surface area (Å²) in [4.78, 5) is 42.3. The third-order valence-corrected chi connectivity index (χ3v) is 7.22. The molecule has 3 aromatic rings. The minimum absolute atomic E-state index is 0.0580. The molecule has 11 nitrogen and oxygen atoms in total. The number of methoxy groups -OCH3 is 1. The second-order valence-corrected chi connectivity index (χ2v) is 10.1. The van der Waals surface area contributed by atoms with Gasteiger partial charge in [-0.3, -0.25) is 19.6 Å². The van der Waals surface area contributed by atoms with Crippen LogP contribution in [0.3, 0.4) is 0 Å². The lowest BCUT2D eigenvalue weighted by Gasteiger charge is -2.29. The summed E-state index contributed by atoms with van der Waals surface area (Å²) >= 11 is 1.49. The molecule has 0 radical (unpaired) electrons. The summed E-state index contributed by atoms with van der Waals surface area (Å²) in [6, 6.07) is 0.297. The van der Waals surface area contributed by atoms with Crippen molar-refractivity contribution in [1.29, 1.82) is 0 Å². The van der Waals surface area contributed by atoms with E-state index < -0.39 is 24.1 Å². The smallest absolute Gasteiger partial charge is 0.254 e. The zero-order valence-corrected chi connectivity index (χ0v) is 21.7. The fourth-order valence-corrected chi connectivity index (χ4v) is 5.11. The van der Waals surface area contributed by atoms with E-state index in [0.717, 1.165) is 16.3 Å². The van der Waals surface area contributed by atoms with Crippen LogP contribution in [0.1, 0.15) is 56.3 Å². The molecule has 4 heterocycles. The van der Waals surface area contributed by atoms with E-state index >= 15 is 0 Å². The molecule has 1 saturated heterocycles. The predicted octanol–water partition coefficient (Wildman–Crippen LogP) is 2.48. The zero-order valence-electron chi connectivity index (χ0n) is 20.8. The molecule has 192 valence electrons. The summed E-state index contributed by atoms with van der Waals surface area (Å²) < 4.78 is 10.4. The summed E-state index contributed by atoms with van der Waals surface area (Å²) in [5.41, 5.74) is 3.95. The maximum Gasteiger partial charge on any atom is 0.254 e. The third kappa shape index (κ3) is 5.24. The first kappa shape index (κ1) is 25.7. The highest BCUT2D eigenvalue weighted by molar-refractivity contribution is 7.13. The van der Waals surface area contributed by atoms with Crippen LogP contribution in [0.2, 0.25) is 0 Å². The fourth-order valence-electron chi connectivity index (χ4n) is 4.34. The van der Waals surface area contributed by atoms with Gasteiger partial charge in [0.1, 0.15) is 17.7 Å². The van der Waals surface area contributed by atoms with Gasteiger partial charge in [-0.05, 0) is 24.9 Å². The van der Waals surface area contributed by atoms with Crippen LogP contribution in [-0.2, 0) is 9.59 Å². The molecule has 0 aliphatic carbocycles. The van der Waals surface area contributed by atoms with Crippen molar-refractivity contribution in [1.82, 2.24) is 30.3 Å². The van der Waals surface area contributed by atoms with Gasteiger partial charge < -0.3 is 24.6 Å². The summed E-state index contributed by atoms with van der Waals surface area (Å²) in [7, 11) is 1.46. The average molecular weight is 515 g/mol. The highest BCUT2D eigenvalue weighted by Gasteiger charge is 2.43. The molecule has 36 heavy (non-hydrogen) atoms. The van der Waals surface area contributed by atoms with Crippen molar-refractivity contribution in [3.63, 3.8) is 0 Å². The first-order valence-electron chi connectivity index (χ1n) is 11.7. The number of aliphatic hydroxyl groups excluding tert-OH is 1. The summed E-state index contributed by atoms with van der Waals surface area (Å²) in [5.74, 6) is -0.857. The van der Waals surface area contributed by atoms with E-state index in [0.29, 0.717) is 11.5 Å². The largest absolute Gasteiger partial charge is 0.479 e. The number of rotatable bonds is 8. The maximum absolute atomic E-state index is 13.6. The van der Waals surface area contributed by atoms with Crippen LogP contribution < -0.4 is 10.1 Å². The number of ether oxygens (including phenoxy) is 1. The number of hydrogen-bond acceptors (Lipinski definition) is 10. The number of nitrogens with one attached hydrogen (secondary N) is 1. The maximum atomic E-state index is 13.6. The number of aryl methyl sites for hydroxylation is 1. The van der Waals surface area contributed by atoms with Gasteiger partial charge in [-0.2, -0.15) is 0 Å². The molecular formula is C24H30N6O5S. The van der Waals surface area contributed by atoms with Gasteiger partial charge in [-0.1, -0.05) is 13.8 Å². The van der Waals surface area contributed by atoms with Gasteiger partial charge in [0.2, 0.25) is 11.8 Å². The molecule has 1 aliphatic rings. The number of aliphatic hydroxyl groups is 1. The van der Waals surface area contributed by atoms with Gasteiger partial charge in [0.05, 0.1) is 53.4 Å². The quantitative estimate of drug-likeness (QED) is 0.463. The number of carbonyl (C=O) groups is 2. The van der Waals surface area contributed by atoms with Crippen molar-refractivity contribution >= 4 is 23.2 Å². The van der Waals surface area contributed by atoms with Crippen molar-refractivity contribution in [2.45, 2.75) is 58.2 Å². The number of hydrogen-bond donors (Lipinski definition) is 2. The number of amides is 2. The Morgan fingerprint density at radius 3 is 2.61 bits per heavy atom. The van der Waals surface area contributed by atoms with Crippen LogP contribution in [-0.4, -0.2) is 67.7 Å². The van der Waals surface area contributed by atoms with E-state index in [1.165, 1.54) is 23.3 Å². The van der Waals surface area contributed by atoms with Crippen molar-refractivity contribution in [2.24, 2.45) is 5.92 Å². The Labute approximate surface area is 212 Å². The lowest BCUT2D eigenvalue weighted by molar-refractivity contribution is -0.141. The lowest BCUT2D eigenvalue weighted by Crippen LogP contribution is -2.48. The molecule has 4 atom stereocenters. The molecular weight excluding hydrogens is 484 g/mol. The molecule has 2 amide bonds. The molecule has 2 N–H and O–H groups in total. The summed E-state index contributed by atoms with van der Waals surface area (Å²) in [6.07, 6.45) is 2.62. The molecule has 3 aromatic heterocycles. The highest BCUT2D eigenvalue weighted by atomic mass is 32.1. The Kier molecular flexibility index (Phi) is 7.65. The van der Waals surface area contributed by atoms with E-state index in [-0.39, 0.29) is 36.6 Å². The molecule has 0 aromatic carbocycles. The minimum Gasteiger partial charge on any atom is -0.479 e. The first-order chi connectivity index (χ1) is 17.2. The van der Waals surface area contributed by atoms with E-state index in [4.69, 9.17) is 9.26 Å². The van der Waals surface area contributed by atoms with Gasteiger partial charge >= 0.3 is 0 Å². The van der Waals surface area contributed by atoms with Gasteiger partial charge in [0.15, 0.2) is 5.76 Å². The van der Waals surface area contributed by atoms with Crippen molar-refractivity contribution in [3.8, 4) is 16.5 Å². The predicted molar refractivity (Wildman–Crippen MR) is 131 cm³/mol. The molecule has 4 rings (SSSR count). The minimum atomic E-state index is -0.826. The van der Waals surface area contributed by atoms with Crippen LogP contribution in [0.15, 0.2) is 28.5 Å². The number of nitrogens with zero attached hydrogens (tertiary/aromatic N) is 5. The Hall–Kier alpha value is -3.38. The molecule has 1 aliphatic heterocycles. The third-order valence-electron chi connectivity index (χ3n) is 6.27. The van der Waals surface area contributed by atoms with Crippen LogP contribution >= 0.6 is 11.3 Å². The Balaban J connectivity index is 1.47. The highest BCUT2D eigenvalue weighted by Crippen LogP contribution is 2.32. The number of likely N-dealkylation sites (tertiary alicyclic amines) is 1. The normalized spacial score (nSPS) is 19.4. The summed E-state index contributed by atoms with van der Waals surface area (Å²) in [5, 5.41) is 17.1. The van der Waals surface area contributed by atoms with E-state index in [1.54, 1.807) is 30.9 Å². The van der Waals surface area contributed by atoms with Gasteiger partial charge in [-0.15, -0.1) is 11.3 Å². The van der Waals surface area contributed by atoms with Crippen LogP contribution in [0.5, 0.6) is 5.88 Å². The summed E-state index contributed by atoms with van der Waals surface area (Å²) in [6.45, 7) is 7.54. The lowest BCUT2D eigenvalue weighted by atomic mass is 9.91. The zero-order chi connectivity index (χ0) is 26.0. The Morgan fingerprint density at radius 1 is 1.25 bits per heavy atom. The number of carbonyl (C=O) groups excluding carboxylic acids is 2. The van der Waals surface area contributed by atoms with Gasteiger partial charge in [-0.25, -0.2) is 4.98 Å². The average Bonchev–Trinajstić information content (AvgIpc) is 3.58. The molecule has 1 fully saturated rings. The monoisotopic (exact) mass is 514 g/mol. The number of aromatic nitrogens is 4. The van der Waals surface area contributed by atoms with Crippen LogP contribution in [0.4, 0.5) is 0 Å². The topological polar surface area (TPSA) is 144 Å². The number of β-amino-alcohol motifs (C(OH)–C–C–N with tert-alkyl or cyclic N) is 1. The molecule has 0 saturated carbocycles. The Morgan fingerprint density at radius 2 is 2.03 bits per heavy atom. The standard InChI is InChI=1S/C24H30N6O5S/c1-12(2)21(19-7-20(34-5)29-35-19)24(33)30-10-15(31)6-18(30)23(32)28-13(3)16-8-26-17(9-25-16)22-14(4)27-11-36-22/h7-9,11-13,15,18,21,31H,6,10H2,1-5H3,(H,28,32)/t13-,15+,18-,21+/m0/s1. The van der Waals surface area contributed by atoms with Gasteiger partial charge in [0.25, 0.3) is 5.88 Å². The number of thiazole rings is 1. The van der Waals surface area contributed by atoms with Crippen LogP contribution in [0, 0.1) is 12.8 Å². The Bertz CT molecular complexity index is 1210. The molecule has 0 unspecified atom stereocenters. The van der Waals surface area contributed by atoms with E-state index in [9.17, 15) is 14.7 Å². The SMILES string of the molecule is COc1cc([C@H](C(=O)N2C[C@H](O)C[C@H]2C(=O)N[C@@H](C)c2cnc(-c3scnc3C)cn2)C(C)C)on1. The first-order valence-corrected chi connectivity index (χ1v) is 12.6. The fraction of sp³-hybridized carbons (Fsp3) is 0.500. The second kappa shape index (κ2) is 10.7. The van der Waals surface area contributed by atoms with E-state index in [1.807, 2.05) is 20.8 Å². The van der Waals surface area contributed by atoms with Crippen LogP contribution in [0.25, 0.3) is 10.6 Å². The second-order valence-electron chi connectivity index (χ2n) is 9.21. The van der Waals surface area contributed by atoms with Crippen molar-refractivity contribution < 1.29 is 24.0 Å². The molecule has 12 heteroatoms. The molecule has 0 bridgehead atoms. The molecule has 0 spiro atoms. The van der Waals surface area contributed by atoms with Crippen molar-refractivity contribution in [3.05, 3.63) is 41.1 Å². The van der Waals surface area contributed by atoms with E-state index in [2.05, 4.69) is 25.4 Å².